The highest BCUT2D eigenvalue weighted by molar-refractivity contribution is 5.81. The number of carbonyl (C=O) groups excluding carboxylic acids is 4. The molecule has 12 heteroatoms. The zero-order valence-corrected chi connectivity index (χ0v) is 22.4. The summed E-state index contributed by atoms with van der Waals surface area (Å²) in [5.74, 6) is -0.750. The minimum atomic E-state index is -1.20. The number of methoxy groups -OCH3 is 1. The van der Waals surface area contributed by atoms with Crippen LogP contribution in [0.25, 0.3) is 0 Å². The van der Waals surface area contributed by atoms with E-state index in [1.165, 1.54) is 12.0 Å². The van der Waals surface area contributed by atoms with Gasteiger partial charge in [0.15, 0.2) is 12.5 Å². The van der Waals surface area contributed by atoms with Crippen molar-refractivity contribution in [2.45, 2.75) is 98.2 Å². The van der Waals surface area contributed by atoms with Crippen LogP contribution >= 0.6 is 0 Å². The number of alkyl carbamates (subject to hydrolysis) is 3. The molecule has 0 aliphatic heterocycles. The van der Waals surface area contributed by atoms with Crippen LogP contribution in [0.2, 0.25) is 0 Å². The Kier molecular flexibility index (Phi) is 15.5. The fourth-order valence-corrected chi connectivity index (χ4v) is 2.84. The summed E-state index contributed by atoms with van der Waals surface area (Å²) in [5.41, 5.74) is -0.787. The fraction of sp³-hybridized carbons (Fsp3) is 0.826. The molecule has 0 aromatic carbocycles. The number of nitrogens with zero attached hydrogens (tertiary/aromatic N) is 1. The molecule has 0 aromatic heterocycles. The van der Waals surface area contributed by atoms with E-state index in [0.29, 0.717) is 13.1 Å². The number of carbonyl (C=O) groups is 4. The van der Waals surface area contributed by atoms with Crippen LogP contribution in [0.4, 0.5) is 14.4 Å². The van der Waals surface area contributed by atoms with Crippen molar-refractivity contribution < 1.29 is 38.1 Å². The SMILES string of the molecule is CCCCNC(=O)OC(C)N(CC(NC(=O)OC(C)(C)C)C(=O)OC)C(C)OC(=O)NCCCC. The first-order valence-corrected chi connectivity index (χ1v) is 12.1. The van der Waals surface area contributed by atoms with E-state index < -0.39 is 48.3 Å². The molecule has 0 aliphatic carbocycles. The summed E-state index contributed by atoms with van der Waals surface area (Å²) >= 11 is 0. The highest BCUT2D eigenvalue weighted by atomic mass is 16.6. The molecule has 0 spiro atoms. The molecule has 0 aliphatic rings. The zero-order chi connectivity index (χ0) is 27.0. The fourth-order valence-electron chi connectivity index (χ4n) is 2.84. The van der Waals surface area contributed by atoms with Crippen LogP contribution in [-0.2, 0) is 23.7 Å². The van der Waals surface area contributed by atoms with E-state index in [0.717, 1.165) is 25.7 Å². The molecule has 0 aromatic rings. The molecule has 0 bridgehead atoms. The maximum atomic E-state index is 12.4. The van der Waals surface area contributed by atoms with E-state index in [2.05, 4.69) is 16.0 Å². The Morgan fingerprint density at radius 3 is 1.66 bits per heavy atom. The zero-order valence-electron chi connectivity index (χ0n) is 22.4. The average Bonchev–Trinajstić information content (AvgIpc) is 2.74. The molecule has 3 atom stereocenters. The average molecular weight is 505 g/mol. The summed E-state index contributed by atoms with van der Waals surface area (Å²) in [5, 5.41) is 7.74. The maximum Gasteiger partial charge on any atom is 0.408 e. The van der Waals surface area contributed by atoms with Crippen LogP contribution in [0.3, 0.4) is 0 Å². The molecule has 0 heterocycles. The van der Waals surface area contributed by atoms with Crippen LogP contribution in [0, 0.1) is 0 Å². The number of esters is 1. The standard InChI is InChI=1S/C23H44N4O8/c1-9-11-13-24-20(29)33-16(3)27(17(4)34-21(30)25-14-12-10-2)15-18(19(28)32-8)26-22(31)35-23(5,6)7/h16-18H,9-15H2,1-8H3,(H,24,29)(H,25,30)(H,26,31). The quantitative estimate of drug-likeness (QED) is 0.141. The predicted molar refractivity (Wildman–Crippen MR) is 130 cm³/mol. The molecule has 204 valence electrons. The van der Waals surface area contributed by atoms with Gasteiger partial charge in [0.2, 0.25) is 0 Å². The topological polar surface area (TPSA) is 145 Å². The molecule has 0 rings (SSSR count). The molecule has 3 N–H and O–H groups in total. The van der Waals surface area contributed by atoms with E-state index in [4.69, 9.17) is 18.9 Å². The smallest absolute Gasteiger partial charge is 0.408 e. The molecule has 35 heavy (non-hydrogen) atoms. The van der Waals surface area contributed by atoms with Crippen molar-refractivity contribution in [3.63, 3.8) is 0 Å². The Morgan fingerprint density at radius 2 is 1.29 bits per heavy atom. The molecule has 0 fully saturated rings. The van der Waals surface area contributed by atoms with Crippen molar-refractivity contribution in [2.24, 2.45) is 0 Å². The first-order chi connectivity index (χ1) is 16.3. The Balaban J connectivity index is 5.57. The monoisotopic (exact) mass is 504 g/mol. The third kappa shape index (κ3) is 15.0. The summed E-state index contributed by atoms with van der Waals surface area (Å²) in [6, 6.07) is -1.20. The van der Waals surface area contributed by atoms with Gasteiger partial charge in [0.1, 0.15) is 11.6 Å². The summed E-state index contributed by atoms with van der Waals surface area (Å²) < 4.78 is 20.9. The molecular formula is C23H44N4O8. The lowest BCUT2D eigenvalue weighted by molar-refractivity contribution is -0.146. The molecule has 3 amide bonds. The normalized spacial score (nSPS) is 13.7. The van der Waals surface area contributed by atoms with E-state index in [1.54, 1.807) is 34.6 Å². The van der Waals surface area contributed by atoms with E-state index >= 15 is 0 Å². The molecule has 3 unspecified atom stereocenters. The van der Waals surface area contributed by atoms with Gasteiger partial charge in [-0.05, 0) is 47.5 Å². The van der Waals surface area contributed by atoms with Gasteiger partial charge < -0.3 is 34.9 Å². The van der Waals surface area contributed by atoms with Gasteiger partial charge >= 0.3 is 24.2 Å². The number of nitrogens with one attached hydrogen (secondary N) is 3. The third-order valence-corrected chi connectivity index (χ3v) is 4.66. The third-order valence-electron chi connectivity index (χ3n) is 4.66. The van der Waals surface area contributed by atoms with Gasteiger partial charge in [0, 0.05) is 19.6 Å². The van der Waals surface area contributed by atoms with E-state index in [9.17, 15) is 19.2 Å². The number of ether oxygens (including phenoxy) is 4. The lowest BCUT2D eigenvalue weighted by Crippen LogP contribution is -2.56. The Hall–Kier alpha value is -2.76. The first-order valence-electron chi connectivity index (χ1n) is 12.1. The summed E-state index contributed by atoms with van der Waals surface area (Å²) in [6.07, 6.45) is -0.636. The van der Waals surface area contributed by atoms with Gasteiger partial charge in [0.05, 0.1) is 7.11 Å². The highest BCUT2D eigenvalue weighted by Gasteiger charge is 2.33. The van der Waals surface area contributed by atoms with Crippen molar-refractivity contribution in [3.8, 4) is 0 Å². The number of amides is 3. The number of hydrogen-bond donors (Lipinski definition) is 3. The van der Waals surface area contributed by atoms with Crippen molar-refractivity contribution in [3.05, 3.63) is 0 Å². The second-order valence-corrected chi connectivity index (χ2v) is 8.99. The van der Waals surface area contributed by atoms with Gasteiger partial charge in [-0.1, -0.05) is 26.7 Å². The van der Waals surface area contributed by atoms with E-state index in [-0.39, 0.29) is 6.54 Å². The van der Waals surface area contributed by atoms with Gasteiger partial charge in [-0.15, -0.1) is 0 Å². The van der Waals surface area contributed by atoms with Crippen LogP contribution in [0.5, 0.6) is 0 Å². The molecule has 0 saturated heterocycles. The Labute approximate surface area is 208 Å². The van der Waals surface area contributed by atoms with Crippen LogP contribution in [-0.4, -0.2) is 80.0 Å². The first kappa shape index (κ1) is 32.2. The second-order valence-electron chi connectivity index (χ2n) is 8.99. The highest BCUT2D eigenvalue weighted by Crippen LogP contribution is 2.13. The number of hydrogen-bond acceptors (Lipinski definition) is 9. The van der Waals surface area contributed by atoms with Gasteiger partial charge in [0.25, 0.3) is 0 Å². The van der Waals surface area contributed by atoms with Gasteiger partial charge in [-0.25, -0.2) is 24.1 Å². The van der Waals surface area contributed by atoms with Crippen LogP contribution in [0.1, 0.15) is 74.1 Å². The number of rotatable bonds is 14. The minimum Gasteiger partial charge on any atom is -0.467 e. The van der Waals surface area contributed by atoms with Crippen LogP contribution in [0.15, 0.2) is 0 Å². The predicted octanol–water partition coefficient (Wildman–Crippen LogP) is 3.10. The summed E-state index contributed by atoms with van der Waals surface area (Å²) in [4.78, 5) is 50.6. The van der Waals surface area contributed by atoms with Crippen molar-refractivity contribution in [1.82, 2.24) is 20.9 Å². The van der Waals surface area contributed by atoms with Crippen molar-refractivity contribution in [1.29, 1.82) is 0 Å². The lowest BCUT2D eigenvalue weighted by Gasteiger charge is -2.35. The summed E-state index contributed by atoms with van der Waals surface area (Å²) in [7, 11) is 1.18. The Morgan fingerprint density at radius 1 is 0.829 bits per heavy atom. The second kappa shape index (κ2) is 16.8. The summed E-state index contributed by atoms with van der Waals surface area (Å²) in [6.45, 7) is 12.9. The lowest BCUT2D eigenvalue weighted by atomic mass is 10.2. The van der Waals surface area contributed by atoms with Crippen molar-refractivity contribution >= 4 is 24.2 Å². The number of unbranched alkanes of at least 4 members (excludes halogenated alkanes) is 2. The Bertz CT molecular complexity index is 638. The largest absolute Gasteiger partial charge is 0.467 e. The molecular weight excluding hydrogens is 460 g/mol. The van der Waals surface area contributed by atoms with Gasteiger partial charge in [-0.2, -0.15) is 0 Å². The molecule has 12 nitrogen and oxygen atoms in total. The van der Waals surface area contributed by atoms with E-state index in [1.807, 2.05) is 13.8 Å². The van der Waals surface area contributed by atoms with Gasteiger partial charge in [-0.3, -0.25) is 0 Å². The molecule has 0 radical (unpaired) electrons. The van der Waals surface area contributed by atoms with Crippen LogP contribution < -0.4 is 16.0 Å². The maximum absolute atomic E-state index is 12.4. The van der Waals surface area contributed by atoms with Crippen molar-refractivity contribution in [2.75, 3.05) is 26.7 Å². The molecule has 0 saturated carbocycles. The minimum absolute atomic E-state index is 0.196.